The molecule has 0 radical (unpaired) electrons. The van der Waals surface area contributed by atoms with Crippen LogP contribution in [0, 0.1) is 5.82 Å². The van der Waals surface area contributed by atoms with Crippen LogP contribution in [0.2, 0.25) is 0 Å². The van der Waals surface area contributed by atoms with Crippen LogP contribution in [0.25, 0.3) is 50.0 Å². The molecular formula is C35H24FN3. The number of hydrogen-bond acceptors (Lipinski definition) is 2. The van der Waals surface area contributed by atoms with Crippen molar-refractivity contribution >= 4 is 21.9 Å². The van der Waals surface area contributed by atoms with E-state index in [1.807, 2.05) is 30.6 Å². The molecule has 3 heterocycles. The fraction of sp³-hybridized carbons (Fsp3) is 0.0286. The summed E-state index contributed by atoms with van der Waals surface area (Å²) in [5.74, 6) is -0.239. The van der Waals surface area contributed by atoms with Crippen LogP contribution in [0.1, 0.15) is 11.1 Å². The number of rotatable bonds is 5. The van der Waals surface area contributed by atoms with Crippen LogP contribution in [0.3, 0.4) is 0 Å². The van der Waals surface area contributed by atoms with Crippen molar-refractivity contribution < 1.29 is 4.39 Å². The topological polar surface area (TPSA) is 30.7 Å². The van der Waals surface area contributed by atoms with Gasteiger partial charge in [0.25, 0.3) is 0 Å². The lowest BCUT2D eigenvalue weighted by Crippen LogP contribution is -1.97. The monoisotopic (exact) mass is 505 g/mol. The number of fused-ring (bicyclic) bond motifs is 3. The molecule has 3 nitrogen and oxygen atoms in total. The number of halogens is 1. The SMILES string of the molecule is Fc1ccc(-c2ccc(-c3cccc(Cc4cccc(-n5c6ccccc6c6cccnc65)c4)c3)nc2)cc1. The molecule has 7 rings (SSSR count). The van der Waals surface area contributed by atoms with E-state index < -0.39 is 0 Å². The third-order valence-electron chi connectivity index (χ3n) is 7.17. The summed E-state index contributed by atoms with van der Waals surface area (Å²) in [6, 6.07) is 40.4. The second-order valence-corrected chi connectivity index (χ2v) is 9.71. The Hall–Kier alpha value is -5.09. The van der Waals surface area contributed by atoms with Crippen molar-refractivity contribution in [3.8, 4) is 28.1 Å². The molecule has 0 saturated carbocycles. The van der Waals surface area contributed by atoms with Crippen molar-refractivity contribution in [2.45, 2.75) is 6.42 Å². The van der Waals surface area contributed by atoms with Crippen molar-refractivity contribution in [3.63, 3.8) is 0 Å². The highest BCUT2D eigenvalue weighted by molar-refractivity contribution is 6.07. The van der Waals surface area contributed by atoms with Gasteiger partial charge in [-0.25, -0.2) is 9.37 Å². The Morgan fingerprint density at radius 3 is 2.21 bits per heavy atom. The second kappa shape index (κ2) is 9.66. The fourth-order valence-electron chi connectivity index (χ4n) is 5.32. The van der Waals surface area contributed by atoms with Gasteiger partial charge in [-0.15, -0.1) is 0 Å². The first kappa shape index (κ1) is 23.1. The van der Waals surface area contributed by atoms with Crippen LogP contribution in [0.5, 0.6) is 0 Å². The first-order valence-corrected chi connectivity index (χ1v) is 13.0. The molecule has 39 heavy (non-hydrogen) atoms. The Bertz CT molecular complexity index is 1880. The molecule has 0 atom stereocenters. The van der Waals surface area contributed by atoms with Crippen LogP contribution < -0.4 is 0 Å². The summed E-state index contributed by atoms with van der Waals surface area (Å²) in [6.07, 6.45) is 4.51. The molecule has 0 saturated heterocycles. The number of hydrogen-bond donors (Lipinski definition) is 0. The molecule has 0 N–H and O–H groups in total. The van der Waals surface area contributed by atoms with Crippen LogP contribution in [0.15, 0.2) is 134 Å². The molecule has 186 valence electrons. The maximum absolute atomic E-state index is 13.3. The van der Waals surface area contributed by atoms with E-state index in [2.05, 4.69) is 83.4 Å². The van der Waals surface area contributed by atoms with Gasteiger partial charge in [0.2, 0.25) is 0 Å². The van der Waals surface area contributed by atoms with E-state index in [-0.39, 0.29) is 5.82 Å². The molecule has 0 fully saturated rings. The van der Waals surface area contributed by atoms with Gasteiger partial charge in [0, 0.05) is 40.0 Å². The number of pyridine rings is 2. The lowest BCUT2D eigenvalue weighted by molar-refractivity contribution is 0.628. The Morgan fingerprint density at radius 2 is 1.36 bits per heavy atom. The van der Waals surface area contributed by atoms with Gasteiger partial charge in [0.1, 0.15) is 11.5 Å². The molecular weight excluding hydrogens is 481 g/mol. The zero-order valence-electron chi connectivity index (χ0n) is 21.1. The lowest BCUT2D eigenvalue weighted by atomic mass is 10.0. The van der Waals surface area contributed by atoms with E-state index in [0.717, 1.165) is 51.0 Å². The van der Waals surface area contributed by atoms with Crippen molar-refractivity contribution in [2.75, 3.05) is 0 Å². The van der Waals surface area contributed by atoms with Crippen molar-refractivity contribution in [1.82, 2.24) is 14.5 Å². The third kappa shape index (κ3) is 4.36. The number of para-hydroxylation sites is 1. The Morgan fingerprint density at radius 1 is 0.590 bits per heavy atom. The Labute approximate surface area is 225 Å². The maximum atomic E-state index is 13.3. The highest BCUT2D eigenvalue weighted by Crippen LogP contribution is 2.31. The minimum absolute atomic E-state index is 0.239. The minimum atomic E-state index is -0.239. The zero-order valence-corrected chi connectivity index (χ0v) is 21.1. The van der Waals surface area contributed by atoms with E-state index in [0.29, 0.717) is 0 Å². The molecule has 0 spiro atoms. The van der Waals surface area contributed by atoms with E-state index in [4.69, 9.17) is 9.97 Å². The highest BCUT2D eigenvalue weighted by Gasteiger charge is 2.13. The normalized spacial score (nSPS) is 11.3. The van der Waals surface area contributed by atoms with Gasteiger partial charge in [-0.3, -0.25) is 9.55 Å². The van der Waals surface area contributed by atoms with Crippen LogP contribution in [0.4, 0.5) is 4.39 Å². The van der Waals surface area contributed by atoms with Gasteiger partial charge in [0.15, 0.2) is 0 Å². The molecule has 0 bridgehead atoms. The summed E-state index contributed by atoms with van der Waals surface area (Å²) in [7, 11) is 0. The Balaban J connectivity index is 1.19. The summed E-state index contributed by atoms with van der Waals surface area (Å²) in [5.41, 5.74) is 9.56. The first-order valence-electron chi connectivity index (χ1n) is 13.0. The van der Waals surface area contributed by atoms with Gasteiger partial charge >= 0.3 is 0 Å². The van der Waals surface area contributed by atoms with E-state index >= 15 is 0 Å². The third-order valence-corrected chi connectivity index (χ3v) is 7.17. The van der Waals surface area contributed by atoms with Gasteiger partial charge in [-0.05, 0) is 77.7 Å². The van der Waals surface area contributed by atoms with Crippen LogP contribution >= 0.6 is 0 Å². The molecule has 0 aliphatic rings. The average Bonchev–Trinajstić information content (AvgIpc) is 3.33. The van der Waals surface area contributed by atoms with Crippen LogP contribution in [-0.2, 0) is 6.42 Å². The summed E-state index contributed by atoms with van der Waals surface area (Å²) < 4.78 is 15.5. The molecule has 7 aromatic rings. The van der Waals surface area contributed by atoms with E-state index in [9.17, 15) is 4.39 Å². The number of aromatic nitrogens is 3. The summed E-state index contributed by atoms with van der Waals surface area (Å²) in [5, 5.41) is 2.36. The van der Waals surface area contributed by atoms with Crippen molar-refractivity contribution in [2.24, 2.45) is 0 Å². The highest BCUT2D eigenvalue weighted by atomic mass is 19.1. The largest absolute Gasteiger partial charge is 0.294 e. The fourth-order valence-corrected chi connectivity index (χ4v) is 5.32. The van der Waals surface area contributed by atoms with Crippen LogP contribution in [-0.4, -0.2) is 14.5 Å². The molecule has 3 aromatic heterocycles. The predicted octanol–water partition coefficient (Wildman–Crippen LogP) is 8.64. The predicted molar refractivity (Wildman–Crippen MR) is 156 cm³/mol. The molecule has 0 unspecified atom stereocenters. The average molecular weight is 506 g/mol. The number of nitrogens with zero attached hydrogens (tertiary/aromatic N) is 3. The lowest BCUT2D eigenvalue weighted by Gasteiger charge is -2.10. The van der Waals surface area contributed by atoms with Crippen molar-refractivity contribution in [3.05, 3.63) is 151 Å². The van der Waals surface area contributed by atoms with Gasteiger partial charge in [-0.1, -0.05) is 66.7 Å². The summed E-state index contributed by atoms with van der Waals surface area (Å²) >= 11 is 0. The maximum Gasteiger partial charge on any atom is 0.145 e. The summed E-state index contributed by atoms with van der Waals surface area (Å²) in [4.78, 5) is 9.42. The first-order chi connectivity index (χ1) is 19.2. The molecule has 0 aliphatic carbocycles. The molecule has 0 aliphatic heterocycles. The van der Waals surface area contributed by atoms with Gasteiger partial charge in [0.05, 0.1) is 11.2 Å². The minimum Gasteiger partial charge on any atom is -0.294 e. The standard InChI is InChI=1S/C35H24FN3/c36-29-16-13-26(14-17-29)28-15-18-33(38-23-28)27-8-3-6-24(21-27)20-25-7-4-9-30(22-25)39-34-12-2-1-10-31(34)32-11-5-19-37-35(32)39/h1-19,21-23H,20H2. The van der Waals surface area contributed by atoms with E-state index in [1.165, 1.54) is 28.6 Å². The smallest absolute Gasteiger partial charge is 0.145 e. The second-order valence-electron chi connectivity index (χ2n) is 9.71. The van der Waals surface area contributed by atoms with Gasteiger partial charge in [-0.2, -0.15) is 0 Å². The Kier molecular flexibility index (Phi) is 5.71. The summed E-state index contributed by atoms with van der Waals surface area (Å²) in [6.45, 7) is 0. The van der Waals surface area contributed by atoms with Gasteiger partial charge < -0.3 is 0 Å². The quantitative estimate of drug-likeness (QED) is 0.234. The van der Waals surface area contributed by atoms with E-state index in [1.54, 1.807) is 12.1 Å². The zero-order chi connectivity index (χ0) is 26.2. The number of benzene rings is 4. The molecule has 0 amide bonds. The molecule has 4 aromatic carbocycles. The van der Waals surface area contributed by atoms with Crippen molar-refractivity contribution in [1.29, 1.82) is 0 Å². The molecule has 4 heteroatoms.